The highest BCUT2D eigenvalue weighted by molar-refractivity contribution is 7.18. The van der Waals surface area contributed by atoms with Gasteiger partial charge in [-0.3, -0.25) is 0 Å². The molecule has 0 radical (unpaired) electrons. The van der Waals surface area contributed by atoms with Gasteiger partial charge in [-0.25, -0.2) is 4.98 Å². The second-order valence-corrected chi connectivity index (χ2v) is 6.37. The first-order chi connectivity index (χ1) is 7.44. The van der Waals surface area contributed by atoms with Crippen molar-refractivity contribution in [3.63, 3.8) is 0 Å². The maximum atomic E-state index is 5.93. The van der Waals surface area contributed by atoms with E-state index < -0.39 is 0 Å². The first kappa shape index (κ1) is 11.8. The van der Waals surface area contributed by atoms with E-state index in [-0.39, 0.29) is 5.54 Å². The molecule has 0 fully saturated rings. The van der Waals surface area contributed by atoms with Gasteiger partial charge in [0.15, 0.2) is 0 Å². The minimum Gasteiger partial charge on any atom is -0.306 e. The summed E-state index contributed by atoms with van der Waals surface area (Å²) in [4.78, 5) is 4.55. The van der Waals surface area contributed by atoms with E-state index in [0.29, 0.717) is 0 Å². The fraction of sp³-hybridized carbons (Fsp3) is 0.417. The number of fused-ring (bicyclic) bond motifs is 1. The molecule has 0 amide bonds. The van der Waals surface area contributed by atoms with Crippen LogP contribution in [0.5, 0.6) is 0 Å². The topological polar surface area (TPSA) is 24.9 Å². The number of hydrogen-bond acceptors (Lipinski definition) is 3. The average Bonchev–Trinajstić information content (AvgIpc) is 2.55. The van der Waals surface area contributed by atoms with Crippen molar-refractivity contribution in [2.45, 2.75) is 32.9 Å². The lowest BCUT2D eigenvalue weighted by molar-refractivity contribution is 0.424. The van der Waals surface area contributed by atoms with Crippen molar-refractivity contribution >= 4 is 33.2 Å². The largest absolute Gasteiger partial charge is 0.306 e. The van der Waals surface area contributed by atoms with Gasteiger partial charge in [-0.1, -0.05) is 11.6 Å². The van der Waals surface area contributed by atoms with Crippen molar-refractivity contribution < 1.29 is 0 Å². The van der Waals surface area contributed by atoms with E-state index in [2.05, 4.69) is 31.1 Å². The van der Waals surface area contributed by atoms with Gasteiger partial charge in [0, 0.05) is 17.1 Å². The van der Waals surface area contributed by atoms with Crippen molar-refractivity contribution in [2.75, 3.05) is 0 Å². The van der Waals surface area contributed by atoms with Crippen LogP contribution in [0, 0.1) is 0 Å². The van der Waals surface area contributed by atoms with Crippen LogP contribution in [0.15, 0.2) is 18.2 Å². The molecule has 0 atom stereocenters. The fourth-order valence-corrected chi connectivity index (χ4v) is 2.42. The van der Waals surface area contributed by atoms with Crippen LogP contribution in [0.2, 0.25) is 5.02 Å². The molecule has 16 heavy (non-hydrogen) atoms. The average molecular weight is 255 g/mol. The highest BCUT2D eigenvalue weighted by Crippen LogP contribution is 2.25. The Kier molecular flexibility index (Phi) is 3.19. The van der Waals surface area contributed by atoms with Gasteiger partial charge in [0.1, 0.15) is 5.01 Å². The van der Waals surface area contributed by atoms with Gasteiger partial charge in [0.25, 0.3) is 0 Å². The fourth-order valence-electron chi connectivity index (χ4n) is 1.36. The van der Waals surface area contributed by atoms with Crippen LogP contribution < -0.4 is 5.32 Å². The molecule has 0 bridgehead atoms. The lowest BCUT2D eigenvalue weighted by atomic mass is 10.1. The second kappa shape index (κ2) is 4.32. The number of hydrogen-bond donors (Lipinski definition) is 1. The molecule has 4 heteroatoms. The number of nitrogens with one attached hydrogen (secondary N) is 1. The molecule has 1 aromatic heterocycles. The first-order valence-corrected chi connectivity index (χ1v) is 6.43. The molecular formula is C12H15ClN2S. The van der Waals surface area contributed by atoms with Crippen molar-refractivity contribution in [3.05, 3.63) is 28.2 Å². The lowest BCUT2D eigenvalue weighted by Crippen LogP contribution is -2.34. The Labute approximate surface area is 105 Å². The summed E-state index contributed by atoms with van der Waals surface area (Å²) in [6.45, 7) is 7.26. The standard InChI is InChI=1S/C12H15ClN2S/c1-12(2,3)14-7-11-15-9-6-8(13)4-5-10(9)16-11/h4-6,14H,7H2,1-3H3. The summed E-state index contributed by atoms with van der Waals surface area (Å²) in [5, 5.41) is 5.28. The normalized spacial score (nSPS) is 12.2. The maximum absolute atomic E-state index is 5.93. The van der Waals surface area contributed by atoms with Crippen LogP contribution in [-0.2, 0) is 6.54 Å². The SMILES string of the molecule is CC(C)(C)NCc1nc2cc(Cl)ccc2s1. The van der Waals surface area contributed by atoms with E-state index in [0.717, 1.165) is 22.1 Å². The third-order valence-electron chi connectivity index (χ3n) is 2.16. The molecule has 0 spiro atoms. The molecule has 2 nitrogen and oxygen atoms in total. The van der Waals surface area contributed by atoms with E-state index in [1.807, 2.05) is 18.2 Å². The van der Waals surface area contributed by atoms with E-state index in [9.17, 15) is 0 Å². The van der Waals surface area contributed by atoms with Gasteiger partial charge in [0.05, 0.1) is 10.2 Å². The summed E-state index contributed by atoms with van der Waals surface area (Å²) >= 11 is 7.64. The number of nitrogens with zero attached hydrogens (tertiary/aromatic N) is 1. The third kappa shape index (κ3) is 2.94. The Morgan fingerprint density at radius 1 is 1.38 bits per heavy atom. The molecule has 2 rings (SSSR count). The number of benzene rings is 1. The number of halogens is 1. The van der Waals surface area contributed by atoms with Gasteiger partial charge >= 0.3 is 0 Å². The van der Waals surface area contributed by atoms with Crippen LogP contribution >= 0.6 is 22.9 Å². The molecular weight excluding hydrogens is 240 g/mol. The zero-order valence-corrected chi connectivity index (χ0v) is 11.2. The van der Waals surface area contributed by atoms with Crippen molar-refractivity contribution in [2.24, 2.45) is 0 Å². The van der Waals surface area contributed by atoms with E-state index in [1.165, 1.54) is 4.70 Å². The van der Waals surface area contributed by atoms with Crippen LogP contribution in [0.3, 0.4) is 0 Å². The Morgan fingerprint density at radius 2 is 2.12 bits per heavy atom. The van der Waals surface area contributed by atoms with Crippen molar-refractivity contribution in [3.8, 4) is 0 Å². The van der Waals surface area contributed by atoms with Crippen LogP contribution in [0.25, 0.3) is 10.2 Å². The van der Waals surface area contributed by atoms with E-state index >= 15 is 0 Å². The monoisotopic (exact) mass is 254 g/mol. The molecule has 86 valence electrons. The highest BCUT2D eigenvalue weighted by atomic mass is 35.5. The minimum absolute atomic E-state index is 0.121. The van der Waals surface area contributed by atoms with Crippen LogP contribution in [-0.4, -0.2) is 10.5 Å². The molecule has 0 aliphatic rings. The lowest BCUT2D eigenvalue weighted by Gasteiger charge is -2.19. The first-order valence-electron chi connectivity index (χ1n) is 5.24. The van der Waals surface area contributed by atoms with Gasteiger partial charge in [-0.05, 0) is 39.0 Å². The van der Waals surface area contributed by atoms with Gasteiger partial charge in [-0.15, -0.1) is 11.3 Å². The highest BCUT2D eigenvalue weighted by Gasteiger charge is 2.10. The van der Waals surface area contributed by atoms with Gasteiger partial charge in [0.2, 0.25) is 0 Å². The predicted octanol–water partition coefficient (Wildman–Crippen LogP) is 3.84. The summed E-state index contributed by atoms with van der Waals surface area (Å²) in [5.41, 5.74) is 1.11. The van der Waals surface area contributed by atoms with E-state index in [4.69, 9.17) is 11.6 Å². The Balaban J connectivity index is 2.20. The quantitative estimate of drug-likeness (QED) is 0.881. The van der Waals surface area contributed by atoms with Crippen molar-refractivity contribution in [1.29, 1.82) is 0 Å². The Morgan fingerprint density at radius 3 is 2.81 bits per heavy atom. The smallest absolute Gasteiger partial charge is 0.108 e. The molecule has 1 aromatic carbocycles. The second-order valence-electron chi connectivity index (χ2n) is 4.82. The zero-order chi connectivity index (χ0) is 11.8. The van der Waals surface area contributed by atoms with Crippen LogP contribution in [0.4, 0.5) is 0 Å². The maximum Gasteiger partial charge on any atom is 0.108 e. The summed E-state index contributed by atoms with van der Waals surface area (Å²) in [7, 11) is 0. The van der Waals surface area contributed by atoms with E-state index in [1.54, 1.807) is 11.3 Å². The van der Waals surface area contributed by atoms with Gasteiger partial charge in [-0.2, -0.15) is 0 Å². The van der Waals surface area contributed by atoms with Crippen molar-refractivity contribution in [1.82, 2.24) is 10.3 Å². The summed E-state index contributed by atoms with van der Waals surface area (Å²) < 4.78 is 1.19. The predicted molar refractivity (Wildman–Crippen MR) is 71.2 cm³/mol. The molecule has 1 heterocycles. The number of rotatable bonds is 2. The molecule has 0 aliphatic heterocycles. The number of thiazole rings is 1. The Hall–Kier alpha value is -0.640. The Bertz CT molecular complexity index is 499. The van der Waals surface area contributed by atoms with Crippen LogP contribution in [0.1, 0.15) is 25.8 Å². The molecule has 2 aromatic rings. The third-order valence-corrected chi connectivity index (χ3v) is 3.44. The molecule has 0 unspecified atom stereocenters. The van der Waals surface area contributed by atoms with Gasteiger partial charge < -0.3 is 5.32 Å². The summed E-state index contributed by atoms with van der Waals surface area (Å²) in [6, 6.07) is 5.84. The zero-order valence-electron chi connectivity index (χ0n) is 9.67. The summed E-state index contributed by atoms with van der Waals surface area (Å²) in [6.07, 6.45) is 0. The molecule has 0 aliphatic carbocycles. The molecule has 0 saturated carbocycles. The number of aromatic nitrogens is 1. The molecule has 0 saturated heterocycles. The molecule has 1 N–H and O–H groups in total. The minimum atomic E-state index is 0.121. The summed E-state index contributed by atoms with van der Waals surface area (Å²) in [5.74, 6) is 0.